The van der Waals surface area contributed by atoms with E-state index >= 15 is 0 Å². The van der Waals surface area contributed by atoms with Gasteiger partial charge in [0.25, 0.3) is 5.91 Å². The molecular weight excluding hydrogens is 312 g/mol. The first kappa shape index (κ1) is 16.8. The summed E-state index contributed by atoms with van der Waals surface area (Å²) in [7, 11) is 0. The van der Waals surface area contributed by atoms with Crippen LogP contribution in [0.25, 0.3) is 0 Å². The summed E-state index contributed by atoms with van der Waals surface area (Å²) in [4.78, 5) is 23.5. The lowest BCUT2D eigenvalue weighted by Crippen LogP contribution is -2.26. The van der Waals surface area contributed by atoms with Crippen LogP contribution < -0.4 is 10.6 Å². The molecule has 4 nitrogen and oxygen atoms in total. The summed E-state index contributed by atoms with van der Waals surface area (Å²) in [5, 5.41) is 6.17. The standard InChI is InChI=1S/C18H17ClN2O2/c1-3-17(22)21-16-9-7-13(8-10-16)18(23)20-12(2)14-5-4-6-15(19)11-14/h3-12H,1H2,2H3,(H,20,23)(H,21,22)/t12-/m0/s1. The van der Waals surface area contributed by atoms with Crippen molar-refractivity contribution < 1.29 is 9.59 Å². The van der Waals surface area contributed by atoms with Crippen LogP contribution in [0.15, 0.2) is 61.2 Å². The first-order valence-electron chi connectivity index (χ1n) is 7.09. The highest BCUT2D eigenvalue weighted by Gasteiger charge is 2.11. The summed E-state index contributed by atoms with van der Waals surface area (Å²) in [5.74, 6) is -0.490. The number of nitrogens with one attached hydrogen (secondary N) is 2. The second-order valence-electron chi connectivity index (χ2n) is 5.02. The maximum Gasteiger partial charge on any atom is 0.251 e. The van der Waals surface area contributed by atoms with Crippen molar-refractivity contribution in [3.8, 4) is 0 Å². The minimum atomic E-state index is -0.295. The lowest BCUT2D eigenvalue weighted by atomic mass is 10.1. The molecule has 0 radical (unpaired) electrons. The van der Waals surface area contributed by atoms with Gasteiger partial charge in [-0.3, -0.25) is 9.59 Å². The molecule has 23 heavy (non-hydrogen) atoms. The highest BCUT2D eigenvalue weighted by atomic mass is 35.5. The lowest BCUT2D eigenvalue weighted by molar-refractivity contribution is -0.111. The molecule has 0 heterocycles. The number of carbonyl (C=O) groups is 2. The summed E-state index contributed by atoms with van der Waals surface area (Å²) in [5.41, 5.74) is 2.05. The van der Waals surface area contributed by atoms with Crippen molar-refractivity contribution in [3.05, 3.63) is 77.3 Å². The largest absolute Gasteiger partial charge is 0.346 e. The van der Waals surface area contributed by atoms with Crippen LogP contribution in [0.5, 0.6) is 0 Å². The molecule has 2 rings (SSSR count). The molecule has 0 saturated carbocycles. The van der Waals surface area contributed by atoms with Gasteiger partial charge in [0.1, 0.15) is 0 Å². The maximum absolute atomic E-state index is 12.3. The fraction of sp³-hybridized carbons (Fsp3) is 0.111. The predicted molar refractivity (Wildman–Crippen MR) is 92.6 cm³/mol. The van der Waals surface area contributed by atoms with Crippen molar-refractivity contribution >= 4 is 29.1 Å². The third-order valence-electron chi connectivity index (χ3n) is 3.30. The highest BCUT2D eigenvalue weighted by Crippen LogP contribution is 2.18. The molecule has 2 aromatic carbocycles. The number of halogens is 1. The molecule has 0 spiro atoms. The van der Waals surface area contributed by atoms with Gasteiger partial charge in [-0.2, -0.15) is 0 Å². The van der Waals surface area contributed by atoms with E-state index in [0.29, 0.717) is 16.3 Å². The fourth-order valence-corrected chi connectivity index (χ4v) is 2.24. The first-order valence-corrected chi connectivity index (χ1v) is 7.47. The zero-order chi connectivity index (χ0) is 16.8. The Morgan fingerprint density at radius 2 is 1.87 bits per heavy atom. The lowest BCUT2D eigenvalue weighted by Gasteiger charge is -2.15. The van der Waals surface area contributed by atoms with Gasteiger partial charge in [-0.15, -0.1) is 0 Å². The average molecular weight is 329 g/mol. The average Bonchev–Trinajstić information content (AvgIpc) is 2.55. The number of rotatable bonds is 5. The molecule has 2 N–H and O–H groups in total. The minimum absolute atomic E-state index is 0.165. The second-order valence-corrected chi connectivity index (χ2v) is 5.46. The molecule has 5 heteroatoms. The van der Waals surface area contributed by atoms with Crippen molar-refractivity contribution in [3.63, 3.8) is 0 Å². The maximum atomic E-state index is 12.3. The Labute approximate surface area is 140 Å². The molecule has 2 amide bonds. The Morgan fingerprint density at radius 1 is 1.17 bits per heavy atom. The van der Waals surface area contributed by atoms with Crippen LogP contribution in [-0.4, -0.2) is 11.8 Å². The number of amides is 2. The SMILES string of the molecule is C=CC(=O)Nc1ccc(C(=O)N[C@@H](C)c2cccc(Cl)c2)cc1. The Bertz CT molecular complexity index is 726. The van der Waals surface area contributed by atoms with Crippen LogP contribution >= 0.6 is 11.6 Å². The zero-order valence-corrected chi connectivity index (χ0v) is 13.4. The van der Waals surface area contributed by atoms with Gasteiger partial charge >= 0.3 is 0 Å². The number of benzene rings is 2. The van der Waals surface area contributed by atoms with Crippen molar-refractivity contribution in [2.24, 2.45) is 0 Å². The topological polar surface area (TPSA) is 58.2 Å². The van der Waals surface area contributed by atoms with Crippen LogP contribution in [0.3, 0.4) is 0 Å². The predicted octanol–water partition coefficient (Wildman–Crippen LogP) is 3.96. The van der Waals surface area contributed by atoms with E-state index < -0.39 is 0 Å². The summed E-state index contributed by atoms with van der Waals surface area (Å²) in [6, 6.07) is 13.8. The molecule has 0 fully saturated rings. The quantitative estimate of drug-likeness (QED) is 0.816. The van der Waals surface area contributed by atoms with Gasteiger partial charge in [0.15, 0.2) is 0 Å². The molecule has 0 aliphatic heterocycles. The van der Waals surface area contributed by atoms with Gasteiger partial charge in [0.05, 0.1) is 6.04 Å². The van der Waals surface area contributed by atoms with Gasteiger partial charge in [0.2, 0.25) is 5.91 Å². The number of hydrogen-bond donors (Lipinski definition) is 2. The van der Waals surface area contributed by atoms with E-state index in [4.69, 9.17) is 11.6 Å². The van der Waals surface area contributed by atoms with Crippen molar-refractivity contribution in [1.82, 2.24) is 5.32 Å². The monoisotopic (exact) mass is 328 g/mol. The molecule has 0 aliphatic carbocycles. The summed E-state index contributed by atoms with van der Waals surface area (Å²) >= 11 is 5.96. The summed E-state index contributed by atoms with van der Waals surface area (Å²) in [6.07, 6.45) is 1.19. The van der Waals surface area contributed by atoms with Gasteiger partial charge in [-0.1, -0.05) is 30.3 Å². The third-order valence-corrected chi connectivity index (χ3v) is 3.53. The summed E-state index contributed by atoms with van der Waals surface area (Å²) < 4.78 is 0. The molecule has 1 atom stereocenters. The van der Waals surface area contributed by atoms with E-state index in [1.807, 2.05) is 25.1 Å². The molecule has 0 aliphatic rings. The van der Waals surface area contributed by atoms with Gasteiger partial charge in [-0.25, -0.2) is 0 Å². The molecule has 0 saturated heterocycles. The van der Waals surface area contributed by atoms with Crippen molar-refractivity contribution in [2.45, 2.75) is 13.0 Å². The van der Waals surface area contributed by atoms with E-state index in [9.17, 15) is 9.59 Å². The van der Waals surface area contributed by atoms with E-state index in [2.05, 4.69) is 17.2 Å². The molecule has 0 aromatic heterocycles. The van der Waals surface area contributed by atoms with Crippen LogP contribution in [0.1, 0.15) is 28.9 Å². The van der Waals surface area contributed by atoms with E-state index in [-0.39, 0.29) is 17.9 Å². The number of carbonyl (C=O) groups excluding carboxylic acids is 2. The normalized spacial score (nSPS) is 11.4. The van der Waals surface area contributed by atoms with E-state index in [1.165, 1.54) is 6.08 Å². The smallest absolute Gasteiger partial charge is 0.251 e. The molecule has 0 unspecified atom stereocenters. The Hall–Kier alpha value is -2.59. The van der Waals surface area contributed by atoms with E-state index in [1.54, 1.807) is 30.3 Å². The minimum Gasteiger partial charge on any atom is -0.346 e. The van der Waals surface area contributed by atoms with Crippen LogP contribution in [0.2, 0.25) is 5.02 Å². The van der Waals surface area contributed by atoms with Gasteiger partial charge < -0.3 is 10.6 Å². The fourth-order valence-electron chi connectivity index (χ4n) is 2.04. The number of anilines is 1. The van der Waals surface area contributed by atoms with Crippen molar-refractivity contribution in [2.75, 3.05) is 5.32 Å². The second kappa shape index (κ2) is 7.61. The first-order chi connectivity index (χ1) is 11.0. The van der Waals surface area contributed by atoms with E-state index in [0.717, 1.165) is 5.56 Å². The number of hydrogen-bond acceptors (Lipinski definition) is 2. The van der Waals surface area contributed by atoms with Crippen LogP contribution in [0.4, 0.5) is 5.69 Å². The van der Waals surface area contributed by atoms with Crippen molar-refractivity contribution in [1.29, 1.82) is 0 Å². The zero-order valence-electron chi connectivity index (χ0n) is 12.7. The summed E-state index contributed by atoms with van der Waals surface area (Å²) in [6.45, 7) is 5.28. The third kappa shape index (κ3) is 4.69. The molecular formula is C18H17ClN2O2. The molecule has 0 bridgehead atoms. The Morgan fingerprint density at radius 3 is 2.48 bits per heavy atom. The van der Waals surface area contributed by atoms with Crippen LogP contribution in [-0.2, 0) is 4.79 Å². The Kier molecular flexibility index (Phi) is 5.55. The Balaban J connectivity index is 2.03. The molecule has 118 valence electrons. The van der Waals surface area contributed by atoms with Crippen LogP contribution in [0, 0.1) is 0 Å². The van der Waals surface area contributed by atoms with Gasteiger partial charge in [0, 0.05) is 16.3 Å². The molecule has 2 aromatic rings. The van der Waals surface area contributed by atoms with Gasteiger partial charge in [-0.05, 0) is 55.0 Å². The highest BCUT2D eigenvalue weighted by molar-refractivity contribution is 6.30.